The molecule has 0 spiro atoms. The van der Waals surface area contributed by atoms with Crippen molar-refractivity contribution < 1.29 is 14.4 Å². The Morgan fingerprint density at radius 3 is 2.64 bits per heavy atom. The van der Waals surface area contributed by atoms with Crippen LogP contribution in [0.4, 0.5) is 0 Å². The first-order valence-corrected chi connectivity index (χ1v) is 8.94. The van der Waals surface area contributed by atoms with Gasteiger partial charge in [0.05, 0.1) is 6.42 Å². The highest BCUT2D eigenvalue weighted by Gasteiger charge is 2.30. The topological polar surface area (TPSA) is 78.5 Å². The maximum atomic E-state index is 12.4. The lowest BCUT2D eigenvalue weighted by atomic mass is 10.0. The van der Waals surface area contributed by atoms with Crippen LogP contribution in [0.5, 0.6) is 0 Å². The number of amides is 3. The van der Waals surface area contributed by atoms with Gasteiger partial charge in [0.2, 0.25) is 17.7 Å². The van der Waals surface area contributed by atoms with Gasteiger partial charge < -0.3 is 15.5 Å². The molecule has 2 heterocycles. The van der Waals surface area contributed by atoms with Gasteiger partial charge in [0.15, 0.2) is 0 Å². The first kappa shape index (κ1) is 17.5. The normalized spacial score (nSPS) is 21.1. The van der Waals surface area contributed by atoms with Crippen molar-refractivity contribution in [1.29, 1.82) is 0 Å². The molecule has 1 aromatic carbocycles. The average molecular weight is 343 g/mol. The smallest absolute Gasteiger partial charge is 0.242 e. The van der Waals surface area contributed by atoms with Gasteiger partial charge in [0.25, 0.3) is 0 Å². The molecule has 3 rings (SSSR count). The minimum atomic E-state index is -0.395. The second kappa shape index (κ2) is 7.68. The van der Waals surface area contributed by atoms with Gasteiger partial charge in [-0.05, 0) is 31.7 Å². The molecule has 2 aliphatic rings. The maximum Gasteiger partial charge on any atom is 0.242 e. The molecule has 6 nitrogen and oxygen atoms in total. The van der Waals surface area contributed by atoms with E-state index in [0.717, 1.165) is 24.0 Å². The van der Waals surface area contributed by atoms with E-state index in [1.54, 1.807) is 0 Å². The largest absolute Gasteiger partial charge is 0.351 e. The van der Waals surface area contributed by atoms with Crippen LogP contribution >= 0.6 is 0 Å². The van der Waals surface area contributed by atoms with Gasteiger partial charge in [-0.3, -0.25) is 14.4 Å². The number of nitrogens with zero attached hydrogens (tertiary/aromatic N) is 1. The van der Waals surface area contributed by atoms with Crippen LogP contribution in [-0.2, 0) is 20.8 Å². The fourth-order valence-electron chi connectivity index (χ4n) is 3.49. The Kier molecular flexibility index (Phi) is 5.36. The lowest BCUT2D eigenvalue weighted by Crippen LogP contribution is -2.50. The fraction of sp³-hybridized carbons (Fsp3) is 0.526. The van der Waals surface area contributed by atoms with Crippen LogP contribution in [0.15, 0.2) is 24.3 Å². The van der Waals surface area contributed by atoms with Crippen molar-refractivity contribution in [2.45, 2.75) is 51.1 Å². The quantitative estimate of drug-likeness (QED) is 0.853. The molecule has 1 unspecified atom stereocenters. The SMILES string of the molecule is Cc1cccc(CC(=O)N2CCC(NC(=O)C3CCC(=O)N3)CC2)c1. The van der Waals surface area contributed by atoms with Crippen molar-refractivity contribution in [2.24, 2.45) is 0 Å². The summed E-state index contributed by atoms with van der Waals surface area (Å²) >= 11 is 0. The van der Waals surface area contributed by atoms with E-state index in [4.69, 9.17) is 0 Å². The molecule has 134 valence electrons. The van der Waals surface area contributed by atoms with Crippen LogP contribution in [0, 0.1) is 6.92 Å². The van der Waals surface area contributed by atoms with Gasteiger partial charge in [-0.25, -0.2) is 0 Å². The molecular weight excluding hydrogens is 318 g/mol. The van der Waals surface area contributed by atoms with Crippen LogP contribution in [0.25, 0.3) is 0 Å². The maximum absolute atomic E-state index is 12.4. The molecule has 2 saturated heterocycles. The summed E-state index contributed by atoms with van der Waals surface area (Å²) in [5.74, 6) is -0.0227. The highest BCUT2D eigenvalue weighted by molar-refractivity contribution is 5.90. The number of hydrogen-bond acceptors (Lipinski definition) is 3. The Bertz CT molecular complexity index is 666. The molecule has 2 aliphatic heterocycles. The van der Waals surface area contributed by atoms with Gasteiger partial charge >= 0.3 is 0 Å². The molecule has 0 radical (unpaired) electrons. The average Bonchev–Trinajstić information content (AvgIpc) is 3.02. The minimum Gasteiger partial charge on any atom is -0.351 e. The summed E-state index contributed by atoms with van der Waals surface area (Å²) < 4.78 is 0. The number of rotatable bonds is 4. The number of piperidine rings is 1. The summed E-state index contributed by atoms with van der Waals surface area (Å²) in [5.41, 5.74) is 2.20. The predicted octanol–water partition coefficient (Wildman–Crippen LogP) is 0.923. The Morgan fingerprint density at radius 1 is 1.24 bits per heavy atom. The van der Waals surface area contributed by atoms with E-state index in [9.17, 15) is 14.4 Å². The van der Waals surface area contributed by atoms with Gasteiger partial charge in [0.1, 0.15) is 6.04 Å². The van der Waals surface area contributed by atoms with E-state index in [1.165, 1.54) is 0 Å². The fourth-order valence-corrected chi connectivity index (χ4v) is 3.49. The Labute approximate surface area is 148 Å². The Balaban J connectivity index is 1.44. The minimum absolute atomic E-state index is 0.0586. The number of nitrogens with one attached hydrogen (secondary N) is 2. The second-order valence-electron chi connectivity index (χ2n) is 6.99. The summed E-state index contributed by atoms with van der Waals surface area (Å²) in [6, 6.07) is 7.70. The Hall–Kier alpha value is -2.37. The zero-order valence-corrected chi connectivity index (χ0v) is 14.6. The third kappa shape index (κ3) is 4.59. The molecule has 0 bridgehead atoms. The number of aryl methyl sites for hydroxylation is 1. The number of carbonyl (C=O) groups excluding carboxylic acids is 3. The number of carbonyl (C=O) groups is 3. The van der Waals surface area contributed by atoms with E-state index in [0.29, 0.717) is 32.4 Å². The number of benzene rings is 1. The lowest BCUT2D eigenvalue weighted by molar-refractivity contribution is -0.132. The highest BCUT2D eigenvalue weighted by atomic mass is 16.2. The van der Waals surface area contributed by atoms with Gasteiger partial charge in [-0.2, -0.15) is 0 Å². The van der Waals surface area contributed by atoms with Crippen molar-refractivity contribution in [3.05, 3.63) is 35.4 Å². The molecule has 0 saturated carbocycles. The zero-order valence-electron chi connectivity index (χ0n) is 14.6. The van der Waals surface area contributed by atoms with E-state index in [-0.39, 0.29) is 23.8 Å². The molecular formula is C19H25N3O3. The van der Waals surface area contributed by atoms with Crippen LogP contribution in [0.3, 0.4) is 0 Å². The number of likely N-dealkylation sites (tertiary alicyclic amines) is 1. The summed E-state index contributed by atoms with van der Waals surface area (Å²) in [6.07, 6.45) is 2.92. The summed E-state index contributed by atoms with van der Waals surface area (Å²) in [6.45, 7) is 3.34. The molecule has 6 heteroatoms. The summed E-state index contributed by atoms with van der Waals surface area (Å²) in [5, 5.41) is 5.69. The van der Waals surface area contributed by atoms with Crippen LogP contribution in [0.2, 0.25) is 0 Å². The first-order chi connectivity index (χ1) is 12.0. The van der Waals surface area contributed by atoms with E-state index in [1.807, 2.05) is 36.1 Å². The highest BCUT2D eigenvalue weighted by Crippen LogP contribution is 2.14. The number of hydrogen-bond donors (Lipinski definition) is 2. The van der Waals surface area contributed by atoms with Crippen molar-refractivity contribution in [3.63, 3.8) is 0 Å². The van der Waals surface area contributed by atoms with E-state index < -0.39 is 6.04 Å². The molecule has 0 aliphatic carbocycles. The third-order valence-corrected chi connectivity index (χ3v) is 4.94. The van der Waals surface area contributed by atoms with Crippen molar-refractivity contribution in [1.82, 2.24) is 15.5 Å². The molecule has 2 fully saturated rings. The first-order valence-electron chi connectivity index (χ1n) is 8.94. The van der Waals surface area contributed by atoms with Crippen molar-refractivity contribution in [2.75, 3.05) is 13.1 Å². The van der Waals surface area contributed by atoms with Gasteiger partial charge in [-0.1, -0.05) is 29.8 Å². The third-order valence-electron chi connectivity index (χ3n) is 4.94. The lowest BCUT2D eigenvalue weighted by Gasteiger charge is -2.33. The molecule has 25 heavy (non-hydrogen) atoms. The van der Waals surface area contributed by atoms with Crippen LogP contribution < -0.4 is 10.6 Å². The van der Waals surface area contributed by atoms with E-state index in [2.05, 4.69) is 10.6 Å². The summed E-state index contributed by atoms with van der Waals surface area (Å²) in [7, 11) is 0. The molecule has 1 atom stereocenters. The standard InChI is InChI=1S/C19H25N3O3/c1-13-3-2-4-14(11-13)12-18(24)22-9-7-15(8-10-22)20-19(25)16-5-6-17(23)21-16/h2-4,11,15-16H,5-10,12H2,1H3,(H,20,25)(H,21,23). The second-order valence-corrected chi connectivity index (χ2v) is 6.99. The summed E-state index contributed by atoms with van der Waals surface area (Å²) in [4.78, 5) is 37.7. The van der Waals surface area contributed by atoms with E-state index >= 15 is 0 Å². The van der Waals surface area contributed by atoms with Crippen LogP contribution in [-0.4, -0.2) is 47.8 Å². The predicted molar refractivity (Wildman–Crippen MR) is 93.8 cm³/mol. The molecule has 2 N–H and O–H groups in total. The Morgan fingerprint density at radius 2 is 2.00 bits per heavy atom. The zero-order chi connectivity index (χ0) is 17.8. The molecule has 1 aromatic rings. The van der Waals surface area contributed by atoms with Crippen LogP contribution in [0.1, 0.15) is 36.8 Å². The van der Waals surface area contributed by atoms with Gasteiger partial charge in [0, 0.05) is 25.6 Å². The van der Waals surface area contributed by atoms with Gasteiger partial charge in [-0.15, -0.1) is 0 Å². The monoisotopic (exact) mass is 343 g/mol. The molecule has 3 amide bonds. The molecule has 0 aromatic heterocycles. The van der Waals surface area contributed by atoms with Crippen molar-refractivity contribution >= 4 is 17.7 Å². The van der Waals surface area contributed by atoms with Crippen molar-refractivity contribution in [3.8, 4) is 0 Å².